The lowest BCUT2D eigenvalue weighted by Gasteiger charge is -2.30. The van der Waals surface area contributed by atoms with Crippen LogP contribution in [-0.2, 0) is 15.2 Å². The van der Waals surface area contributed by atoms with E-state index < -0.39 is 29.0 Å². The van der Waals surface area contributed by atoms with Gasteiger partial charge in [-0.3, -0.25) is 4.79 Å². The van der Waals surface area contributed by atoms with E-state index in [1.165, 1.54) is 29.7 Å². The number of aromatic nitrogens is 1. The maximum Gasteiger partial charge on any atom is 0.352 e. The normalized spacial score (nSPS) is 14.4. The number of fused-ring (bicyclic) bond motifs is 1. The van der Waals surface area contributed by atoms with E-state index in [0.29, 0.717) is 10.9 Å². The van der Waals surface area contributed by atoms with Crippen LogP contribution in [-0.4, -0.2) is 27.2 Å². The number of carboxylic acids is 1. The average Bonchev–Trinajstić information content (AvgIpc) is 2.81. The van der Waals surface area contributed by atoms with Crippen molar-refractivity contribution in [3.63, 3.8) is 0 Å². The van der Waals surface area contributed by atoms with Crippen molar-refractivity contribution in [3.8, 4) is 0 Å². The van der Waals surface area contributed by atoms with Gasteiger partial charge in [-0.2, -0.15) is 0 Å². The van der Waals surface area contributed by atoms with Crippen LogP contribution >= 0.6 is 0 Å². The highest BCUT2D eigenvalue weighted by atomic mass is 19.1. The molecule has 136 valence electrons. The van der Waals surface area contributed by atoms with Gasteiger partial charge in [-0.1, -0.05) is 0 Å². The van der Waals surface area contributed by atoms with Crippen molar-refractivity contribution in [3.05, 3.63) is 35.3 Å². The van der Waals surface area contributed by atoms with Crippen molar-refractivity contribution in [2.45, 2.75) is 52.3 Å². The van der Waals surface area contributed by atoms with Crippen LogP contribution in [0.15, 0.2) is 18.2 Å². The molecule has 0 saturated heterocycles. The number of esters is 1. The highest BCUT2D eigenvalue weighted by molar-refractivity contribution is 5.96. The first kappa shape index (κ1) is 18.9. The summed E-state index contributed by atoms with van der Waals surface area (Å²) in [4.78, 5) is 23.9. The molecular formula is C18H23FN2O4. The molecule has 1 atom stereocenters. The van der Waals surface area contributed by atoms with E-state index in [1.54, 1.807) is 27.7 Å². The number of carbonyl (C=O) groups is 2. The number of benzene rings is 1. The van der Waals surface area contributed by atoms with Crippen molar-refractivity contribution < 1.29 is 23.8 Å². The molecule has 0 saturated carbocycles. The van der Waals surface area contributed by atoms with Crippen molar-refractivity contribution in [1.82, 2.24) is 4.57 Å². The Kier molecular flexibility index (Phi) is 4.65. The second kappa shape index (κ2) is 6.15. The molecule has 0 aliphatic carbocycles. The average molecular weight is 350 g/mol. The van der Waals surface area contributed by atoms with Gasteiger partial charge in [-0.25, -0.2) is 9.18 Å². The van der Waals surface area contributed by atoms with Crippen LogP contribution in [0.25, 0.3) is 10.9 Å². The summed E-state index contributed by atoms with van der Waals surface area (Å²) < 4.78 is 20.6. The predicted molar refractivity (Wildman–Crippen MR) is 91.9 cm³/mol. The molecule has 0 bridgehead atoms. The minimum absolute atomic E-state index is 0.114. The Morgan fingerprint density at radius 3 is 2.40 bits per heavy atom. The number of nitrogens with two attached hydrogens (primary N) is 1. The van der Waals surface area contributed by atoms with Gasteiger partial charge >= 0.3 is 11.9 Å². The maximum atomic E-state index is 14.0. The molecule has 2 aromatic rings. The van der Waals surface area contributed by atoms with Gasteiger partial charge in [0.25, 0.3) is 0 Å². The van der Waals surface area contributed by atoms with E-state index in [-0.39, 0.29) is 17.7 Å². The van der Waals surface area contributed by atoms with Crippen molar-refractivity contribution in [2.75, 3.05) is 0 Å². The number of hydrogen-bond acceptors (Lipinski definition) is 4. The number of halogens is 1. The van der Waals surface area contributed by atoms with Crippen LogP contribution < -0.4 is 5.73 Å². The molecule has 0 spiro atoms. The van der Waals surface area contributed by atoms with Crippen LogP contribution in [0.3, 0.4) is 0 Å². The summed E-state index contributed by atoms with van der Waals surface area (Å²) in [5.41, 5.74) is 4.71. The third-order valence-corrected chi connectivity index (χ3v) is 3.81. The minimum Gasteiger partial charge on any atom is -0.477 e. The minimum atomic E-state index is -1.41. The maximum absolute atomic E-state index is 14.0. The number of ether oxygens (including phenoxy) is 1. The number of rotatable bonds is 4. The third-order valence-electron chi connectivity index (χ3n) is 3.81. The Hall–Kier alpha value is -2.41. The summed E-state index contributed by atoms with van der Waals surface area (Å²) in [5, 5.41) is 10.1. The monoisotopic (exact) mass is 350 g/mol. The molecule has 1 heterocycles. The lowest BCUT2D eigenvalue weighted by molar-refractivity contribution is -0.157. The van der Waals surface area contributed by atoms with E-state index in [2.05, 4.69) is 0 Å². The Morgan fingerprint density at radius 1 is 1.28 bits per heavy atom. The van der Waals surface area contributed by atoms with Crippen LogP contribution in [0.1, 0.15) is 50.2 Å². The number of aromatic carboxylic acids is 1. The zero-order valence-electron chi connectivity index (χ0n) is 15.0. The summed E-state index contributed by atoms with van der Waals surface area (Å²) in [6, 6.07) is 4.18. The van der Waals surface area contributed by atoms with E-state index >= 15 is 0 Å². The molecule has 0 radical (unpaired) electrons. The van der Waals surface area contributed by atoms with Gasteiger partial charge in [0.15, 0.2) is 0 Å². The van der Waals surface area contributed by atoms with Gasteiger partial charge in [0.1, 0.15) is 22.8 Å². The van der Waals surface area contributed by atoms with Gasteiger partial charge < -0.3 is 20.1 Å². The Labute approximate surface area is 145 Å². The van der Waals surface area contributed by atoms with Gasteiger partial charge in [0.05, 0.1) is 11.9 Å². The second-order valence-corrected chi connectivity index (χ2v) is 7.40. The zero-order valence-corrected chi connectivity index (χ0v) is 15.0. The molecule has 3 N–H and O–H groups in total. The largest absolute Gasteiger partial charge is 0.477 e. The smallest absolute Gasteiger partial charge is 0.352 e. The molecule has 0 aliphatic rings. The van der Waals surface area contributed by atoms with Crippen LogP contribution in [0.5, 0.6) is 0 Å². The first-order valence-corrected chi connectivity index (χ1v) is 7.88. The van der Waals surface area contributed by atoms with E-state index in [1.807, 2.05) is 0 Å². The highest BCUT2D eigenvalue weighted by Crippen LogP contribution is 2.31. The topological polar surface area (TPSA) is 94.5 Å². The molecule has 0 amide bonds. The Bertz CT molecular complexity index is 847. The molecule has 25 heavy (non-hydrogen) atoms. The molecule has 1 aromatic heterocycles. The lowest BCUT2D eigenvalue weighted by atomic mass is 10.1. The summed E-state index contributed by atoms with van der Waals surface area (Å²) in [6.07, 6.45) is -0.260. The van der Waals surface area contributed by atoms with Crippen LogP contribution in [0, 0.1) is 12.7 Å². The second-order valence-electron chi connectivity index (χ2n) is 7.40. The fraction of sp³-hybridized carbons (Fsp3) is 0.444. The fourth-order valence-electron chi connectivity index (χ4n) is 2.88. The summed E-state index contributed by atoms with van der Waals surface area (Å²) in [7, 11) is 0. The molecule has 7 heteroatoms. The Morgan fingerprint density at radius 2 is 1.88 bits per heavy atom. The van der Waals surface area contributed by atoms with Gasteiger partial charge in [0, 0.05) is 10.9 Å². The molecule has 1 unspecified atom stereocenters. The fourth-order valence-corrected chi connectivity index (χ4v) is 2.88. The zero-order chi connectivity index (χ0) is 19.2. The molecule has 0 aliphatic heterocycles. The van der Waals surface area contributed by atoms with Gasteiger partial charge in [-0.05, 0) is 52.8 Å². The number of carbonyl (C=O) groups excluding carboxylic acids is 1. The number of nitrogens with zero attached hydrogens (tertiary/aromatic N) is 1. The molecule has 2 rings (SSSR count). The van der Waals surface area contributed by atoms with Crippen LogP contribution in [0.4, 0.5) is 4.39 Å². The summed E-state index contributed by atoms with van der Waals surface area (Å²) >= 11 is 0. The predicted octanol–water partition coefficient (Wildman–Crippen LogP) is 3.15. The van der Waals surface area contributed by atoms with Crippen molar-refractivity contribution >= 4 is 22.8 Å². The lowest BCUT2D eigenvalue weighted by Crippen LogP contribution is -2.44. The SMILES string of the molecule is Cc1c(F)ccc2cc(C(=O)O)n(C(C)(N)CC(=O)OC(C)(C)C)c12. The van der Waals surface area contributed by atoms with E-state index in [4.69, 9.17) is 10.5 Å². The summed E-state index contributed by atoms with van der Waals surface area (Å²) in [5.74, 6) is -2.25. The first-order chi connectivity index (χ1) is 11.3. The van der Waals surface area contributed by atoms with Gasteiger partial charge in [-0.15, -0.1) is 0 Å². The highest BCUT2D eigenvalue weighted by Gasteiger charge is 2.33. The molecule has 1 aromatic carbocycles. The van der Waals surface area contributed by atoms with Gasteiger partial charge in [0.2, 0.25) is 0 Å². The van der Waals surface area contributed by atoms with Crippen molar-refractivity contribution in [2.24, 2.45) is 5.73 Å². The van der Waals surface area contributed by atoms with E-state index in [9.17, 15) is 19.1 Å². The number of hydrogen-bond donors (Lipinski definition) is 2. The molecular weight excluding hydrogens is 327 g/mol. The number of carboxylic acid groups (broad SMARTS) is 1. The van der Waals surface area contributed by atoms with Crippen LogP contribution in [0.2, 0.25) is 0 Å². The van der Waals surface area contributed by atoms with E-state index in [0.717, 1.165) is 0 Å². The molecule has 6 nitrogen and oxygen atoms in total. The first-order valence-electron chi connectivity index (χ1n) is 7.88. The number of aryl methyl sites for hydroxylation is 1. The quantitative estimate of drug-likeness (QED) is 0.826. The molecule has 0 fully saturated rings. The standard InChI is InChI=1S/C18H23FN2O4/c1-10-12(19)7-6-11-8-13(16(23)24)21(15(10)11)18(5,20)9-14(22)25-17(2,3)4/h6-8H,9,20H2,1-5H3,(H,23,24). The van der Waals surface area contributed by atoms with Crippen molar-refractivity contribution in [1.29, 1.82) is 0 Å². The third kappa shape index (κ3) is 3.82. The Balaban J connectivity index is 2.61. The summed E-state index contributed by atoms with van der Waals surface area (Å²) in [6.45, 7) is 8.25.